The molecule has 0 spiro atoms. The SMILES string of the molecule is CC(NC(=O)NCC(c1ccco1)N1CCCCC1)c1ccc(Cl)s1. The van der Waals surface area contributed by atoms with E-state index in [2.05, 4.69) is 15.5 Å². The molecule has 3 rings (SSSR count). The minimum absolute atomic E-state index is 0.0745. The van der Waals surface area contributed by atoms with Gasteiger partial charge in [-0.15, -0.1) is 11.3 Å². The van der Waals surface area contributed by atoms with E-state index in [0.29, 0.717) is 6.54 Å². The maximum atomic E-state index is 12.3. The van der Waals surface area contributed by atoms with Gasteiger partial charge in [-0.3, -0.25) is 4.90 Å². The molecule has 2 aromatic rings. The molecule has 5 nitrogen and oxygen atoms in total. The molecule has 2 aromatic heterocycles. The summed E-state index contributed by atoms with van der Waals surface area (Å²) in [5.74, 6) is 0.903. The number of hydrogen-bond donors (Lipinski definition) is 2. The van der Waals surface area contributed by atoms with Gasteiger partial charge < -0.3 is 15.1 Å². The van der Waals surface area contributed by atoms with Gasteiger partial charge in [0, 0.05) is 11.4 Å². The molecule has 1 aliphatic heterocycles. The fraction of sp³-hybridized carbons (Fsp3) is 0.500. The smallest absolute Gasteiger partial charge is 0.315 e. The van der Waals surface area contributed by atoms with E-state index in [4.69, 9.17) is 16.0 Å². The van der Waals surface area contributed by atoms with Gasteiger partial charge >= 0.3 is 6.03 Å². The maximum absolute atomic E-state index is 12.3. The number of thiophene rings is 1. The van der Waals surface area contributed by atoms with Gasteiger partial charge in [0.05, 0.1) is 22.7 Å². The number of nitrogens with zero attached hydrogens (tertiary/aromatic N) is 1. The minimum atomic E-state index is -0.175. The molecule has 7 heteroatoms. The summed E-state index contributed by atoms with van der Waals surface area (Å²) in [4.78, 5) is 15.7. The van der Waals surface area contributed by atoms with E-state index in [-0.39, 0.29) is 18.1 Å². The van der Waals surface area contributed by atoms with Gasteiger partial charge in [-0.05, 0) is 57.1 Å². The van der Waals surface area contributed by atoms with E-state index < -0.39 is 0 Å². The molecule has 1 aliphatic rings. The first-order valence-electron chi connectivity index (χ1n) is 8.70. The summed E-state index contributed by atoms with van der Waals surface area (Å²) in [5, 5.41) is 5.96. The molecule has 0 aliphatic carbocycles. The van der Waals surface area contributed by atoms with Crippen LogP contribution in [0.2, 0.25) is 4.34 Å². The number of hydrogen-bond acceptors (Lipinski definition) is 4. The van der Waals surface area contributed by atoms with Crippen LogP contribution in [0.1, 0.15) is 48.9 Å². The molecule has 0 bridgehead atoms. The Morgan fingerprint density at radius 1 is 1.32 bits per heavy atom. The zero-order chi connectivity index (χ0) is 17.6. The van der Waals surface area contributed by atoms with Crippen LogP contribution in [0.15, 0.2) is 34.9 Å². The van der Waals surface area contributed by atoms with Crippen molar-refractivity contribution >= 4 is 29.0 Å². The molecule has 2 unspecified atom stereocenters. The molecular formula is C18H24ClN3O2S. The predicted molar refractivity (Wildman–Crippen MR) is 101 cm³/mol. The first kappa shape index (κ1) is 18.3. The first-order chi connectivity index (χ1) is 12.1. The van der Waals surface area contributed by atoms with Gasteiger partial charge in [-0.2, -0.15) is 0 Å². The van der Waals surface area contributed by atoms with Crippen molar-refractivity contribution in [1.82, 2.24) is 15.5 Å². The van der Waals surface area contributed by atoms with Crippen LogP contribution in [0.5, 0.6) is 0 Å². The quantitative estimate of drug-likeness (QED) is 0.769. The monoisotopic (exact) mass is 381 g/mol. The second kappa shape index (κ2) is 8.74. The van der Waals surface area contributed by atoms with E-state index in [1.54, 1.807) is 6.26 Å². The Balaban J connectivity index is 1.56. The number of likely N-dealkylation sites (tertiary alicyclic amines) is 1. The number of carbonyl (C=O) groups is 1. The molecule has 2 amide bonds. The van der Waals surface area contributed by atoms with Crippen LogP contribution in [0.25, 0.3) is 0 Å². The van der Waals surface area contributed by atoms with Gasteiger partial charge in [-0.25, -0.2) is 4.79 Å². The average molecular weight is 382 g/mol. The summed E-state index contributed by atoms with van der Waals surface area (Å²) in [7, 11) is 0. The third-order valence-electron chi connectivity index (χ3n) is 4.53. The fourth-order valence-electron chi connectivity index (χ4n) is 3.19. The Kier molecular flexibility index (Phi) is 6.39. The standard InChI is InChI=1S/C18H24ClN3O2S/c1-13(16-7-8-17(19)25-16)21-18(23)20-12-14(15-6-5-11-24-15)22-9-3-2-4-10-22/h5-8,11,13-14H,2-4,9-10,12H2,1H3,(H2,20,21,23). The topological polar surface area (TPSA) is 57.5 Å². The number of rotatable bonds is 6. The highest BCUT2D eigenvalue weighted by Crippen LogP contribution is 2.27. The summed E-state index contributed by atoms with van der Waals surface area (Å²) >= 11 is 7.44. The first-order valence-corrected chi connectivity index (χ1v) is 9.90. The van der Waals surface area contributed by atoms with E-state index in [1.807, 2.05) is 31.2 Å². The van der Waals surface area contributed by atoms with E-state index in [9.17, 15) is 4.79 Å². The highest BCUT2D eigenvalue weighted by atomic mass is 35.5. The van der Waals surface area contributed by atoms with Crippen LogP contribution in [-0.2, 0) is 0 Å². The lowest BCUT2D eigenvalue weighted by Gasteiger charge is -2.33. The molecule has 1 fully saturated rings. The van der Waals surface area contributed by atoms with Crippen molar-refractivity contribution in [3.05, 3.63) is 45.5 Å². The number of furan rings is 1. The van der Waals surface area contributed by atoms with Gasteiger partial charge in [0.15, 0.2) is 0 Å². The van der Waals surface area contributed by atoms with Gasteiger partial charge in [-0.1, -0.05) is 18.0 Å². The lowest BCUT2D eigenvalue weighted by atomic mass is 10.1. The Hall–Kier alpha value is -1.50. The Morgan fingerprint density at radius 3 is 2.76 bits per heavy atom. The molecule has 1 saturated heterocycles. The number of amides is 2. The van der Waals surface area contributed by atoms with Crippen LogP contribution in [0.3, 0.4) is 0 Å². The van der Waals surface area contributed by atoms with Crippen molar-refractivity contribution in [3.8, 4) is 0 Å². The maximum Gasteiger partial charge on any atom is 0.315 e. The normalized spacial score (nSPS) is 17.8. The summed E-state index contributed by atoms with van der Waals surface area (Å²) in [6.07, 6.45) is 5.35. The van der Waals surface area contributed by atoms with Gasteiger partial charge in [0.25, 0.3) is 0 Å². The third-order valence-corrected chi connectivity index (χ3v) is 5.94. The van der Waals surface area contributed by atoms with E-state index >= 15 is 0 Å². The van der Waals surface area contributed by atoms with Crippen LogP contribution in [-0.4, -0.2) is 30.6 Å². The predicted octanol–water partition coefficient (Wildman–Crippen LogP) is 4.58. The highest BCUT2D eigenvalue weighted by molar-refractivity contribution is 7.16. The molecule has 136 valence electrons. The molecule has 3 heterocycles. The van der Waals surface area contributed by atoms with Crippen LogP contribution < -0.4 is 10.6 Å². The van der Waals surface area contributed by atoms with Crippen molar-refractivity contribution in [2.75, 3.05) is 19.6 Å². The second-order valence-corrected chi connectivity index (χ2v) is 8.09. The largest absolute Gasteiger partial charge is 0.468 e. The Morgan fingerprint density at radius 2 is 2.12 bits per heavy atom. The third kappa shape index (κ3) is 5.00. The molecular weight excluding hydrogens is 358 g/mol. The van der Waals surface area contributed by atoms with Crippen molar-refractivity contribution in [2.45, 2.75) is 38.3 Å². The number of carbonyl (C=O) groups excluding carboxylic acids is 1. The zero-order valence-electron chi connectivity index (χ0n) is 14.3. The molecule has 0 saturated carbocycles. The number of piperidine rings is 1. The van der Waals surface area contributed by atoms with Crippen LogP contribution >= 0.6 is 22.9 Å². The number of urea groups is 1. The van der Waals surface area contributed by atoms with Crippen molar-refractivity contribution in [1.29, 1.82) is 0 Å². The summed E-state index contributed by atoms with van der Waals surface area (Å²) in [6.45, 7) is 4.56. The summed E-state index contributed by atoms with van der Waals surface area (Å²) in [5.41, 5.74) is 0. The van der Waals surface area contributed by atoms with Crippen LogP contribution in [0.4, 0.5) is 4.79 Å². The van der Waals surface area contributed by atoms with Crippen molar-refractivity contribution in [2.24, 2.45) is 0 Å². The van der Waals surface area contributed by atoms with Gasteiger partial charge in [0.2, 0.25) is 0 Å². The minimum Gasteiger partial charge on any atom is -0.468 e. The lowest BCUT2D eigenvalue weighted by molar-refractivity contribution is 0.143. The zero-order valence-corrected chi connectivity index (χ0v) is 15.9. The molecule has 2 atom stereocenters. The summed E-state index contributed by atoms with van der Waals surface area (Å²) < 4.78 is 6.34. The summed E-state index contributed by atoms with van der Waals surface area (Å²) in [6, 6.07) is 7.50. The molecule has 0 radical (unpaired) electrons. The fourth-order valence-corrected chi connectivity index (χ4v) is 4.25. The number of nitrogens with one attached hydrogen (secondary N) is 2. The average Bonchev–Trinajstić information content (AvgIpc) is 3.28. The van der Waals surface area contributed by atoms with Crippen molar-refractivity contribution < 1.29 is 9.21 Å². The molecule has 25 heavy (non-hydrogen) atoms. The highest BCUT2D eigenvalue weighted by Gasteiger charge is 2.25. The van der Waals surface area contributed by atoms with Crippen molar-refractivity contribution in [3.63, 3.8) is 0 Å². The Labute approximate surface area is 157 Å². The molecule has 2 N–H and O–H groups in total. The Bertz CT molecular complexity index is 668. The lowest BCUT2D eigenvalue weighted by Crippen LogP contribution is -2.44. The van der Waals surface area contributed by atoms with Crippen LogP contribution in [0, 0.1) is 0 Å². The molecule has 0 aromatic carbocycles. The van der Waals surface area contributed by atoms with Gasteiger partial charge in [0.1, 0.15) is 5.76 Å². The second-order valence-electron chi connectivity index (χ2n) is 6.35. The van der Waals surface area contributed by atoms with E-state index in [0.717, 1.165) is 28.1 Å². The number of halogens is 1. The van der Waals surface area contributed by atoms with E-state index in [1.165, 1.54) is 30.6 Å².